The first-order chi connectivity index (χ1) is 20.8. The lowest BCUT2D eigenvalue weighted by Gasteiger charge is -2.23. The number of hydrogen-bond donors (Lipinski definition) is 3. The molecule has 1 atom stereocenters. The molecule has 0 saturated carbocycles. The van der Waals surface area contributed by atoms with Gasteiger partial charge in [-0.2, -0.15) is 0 Å². The SMILES string of the molecule is CCn1c(-c2cccnc2COC)c(CC(C)(C)CO)c2cc(-c3nc(C[C@H](NC(=O)OC(C)(C)C)C(=O)O)cs3)ccc21. The summed E-state index contributed by atoms with van der Waals surface area (Å²) in [4.78, 5) is 33.5. The van der Waals surface area contributed by atoms with Gasteiger partial charge in [-0.05, 0) is 75.4 Å². The van der Waals surface area contributed by atoms with Gasteiger partial charge in [0.15, 0.2) is 0 Å². The van der Waals surface area contributed by atoms with Crippen LogP contribution in [0.25, 0.3) is 32.7 Å². The van der Waals surface area contributed by atoms with Crippen molar-refractivity contribution >= 4 is 34.3 Å². The molecule has 44 heavy (non-hydrogen) atoms. The van der Waals surface area contributed by atoms with Crippen molar-refractivity contribution in [3.63, 3.8) is 0 Å². The average molecular weight is 623 g/mol. The molecule has 4 aromatic rings. The predicted molar refractivity (Wildman–Crippen MR) is 172 cm³/mol. The number of thiazole rings is 1. The fourth-order valence-electron chi connectivity index (χ4n) is 5.20. The molecule has 3 aromatic heterocycles. The van der Waals surface area contributed by atoms with Crippen molar-refractivity contribution in [2.75, 3.05) is 13.7 Å². The van der Waals surface area contributed by atoms with Crippen LogP contribution in [0, 0.1) is 5.41 Å². The highest BCUT2D eigenvalue weighted by Crippen LogP contribution is 2.40. The molecular formula is C33H42N4O6S. The van der Waals surface area contributed by atoms with Crippen LogP contribution in [0.1, 0.15) is 58.5 Å². The molecule has 3 N–H and O–H groups in total. The summed E-state index contributed by atoms with van der Waals surface area (Å²) in [7, 11) is 1.66. The first-order valence-electron chi connectivity index (χ1n) is 14.6. The van der Waals surface area contributed by atoms with Crippen LogP contribution in [-0.4, -0.2) is 62.2 Å². The van der Waals surface area contributed by atoms with E-state index in [0.717, 1.165) is 50.5 Å². The van der Waals surface area contributed by atoms with E-state index in [1.165, 1.54) is 11.3 Å². The third kappa shape index (κ3) is 7.64. The maximum Gasteiger partial charge on any atom is 0.408 e. The number of ether oxygens (including phenoxy) is 2. The van der Waals surface area contributed by atoms with Gasteiger partial charge in [0.2, 0.25) is 0 Å². The molecule has 0 aliphatic heterocycles. The Morgan fingerprint density at radius 1 is 1.16 bits per heavy atom. The Morgan fingerprint density at radius 2 is 1.91 bits per heavy atom. The highest BCUT2D eigenvalue weighted by atomic mass is 32.1. The number of aliphatic hydroxyl groups is 1. The first-order valence-corrected chi connectivity index (χ1v) is 15.5. The number of carboxylic acid groups (broad SMARTS) is 1. The third-order valence-corrected chi connectivity index (χ3v) is 8.14. The number of rotatable bonds is 12. The fraction of sp³-hybridized carbons (Fsp3) is 0.455. The number of carbonyl (C=O) groups is 2. The normalized spacial score (nSPS) is 12.8. The van der Waals surface area contributed by atoms with Crippen molar-refractivity contribution in [3.8, 4) is 21.8 Å². The van der Waals surface area contributed by atoms with E-state index in [1.54, 1.807) is 34.1 Å². The largest absolute Gasteiger partial charge is 0.480 e. The molecule has 0 radical (unpaired) electrons. The lowest BCUT2D eigenvalue weighted by Crippen LogP contribution is -2.44. The number of aromatic nitrogens is 3. The van der Waals surface area contributed by atoms with E-state index in [9.17, 15) is 19.8 Å². The Balaban J connectivity index is 1.77. The van der Waals surface area contributed by atoms with Crippen molar-refractivity contribution in [1.82, 2.24) is 19.9 Å². The molecule has 1 aromatic carbocycles. The molecule has 0 fully saturated rings. The van der Waals surface area contributed by atoms with Gasteiger partial charge in [0, 0.05) is 60.3 Å². The van der Waals surface area contributed by atoms with E-state index in [2.05, 4.69) is 40.0 Å². The number of hydrogen-bond acceptors (Lipinski definition) is 8. The van der Waals surface area contributed by atoms with E-state index >= 15 is 0 Å². The van der Waals surface area contributed by atoms with E-state index in [0.29, 0.717) is 18.7 Å². The van der Waals surface area contributed by atoms with E-state index in [-0.39, 0.29) is 18.4 Å². The Morgan fingerprint density at radius 3 is 2.55 bits per heavy atom. The molecule has 3 heterocycles. The summed E-state index contributed by atoms with van der Waals surface area (Å²) in [6, 6.07) is 9.04. The van der Waals surface area contributed by atoms with E-state index < -0.39 is 23.7 Å². The van der Waals surface area contributed by atoms with Gasteiger partial charge in [0.25, 0.3) is 0 Å². The van der Waals surface area contributed by atoms with Gasteiger partial charge < -0.3 is 29.6 Å². The predicted octanol–water partition coefficient (Wildman–Crippen LogP) is 6.07. The molecular weight excluding hydrogens is 580 g/mol. The van der Waals surface area contributed by atoms with Crippen LogP contribution in [0.3, 0.4) is 0 Å². The molecule has 0 spiro atoms. The van der Waals surface area contributed by atoms with Gasteiger partial charge in [0.1, 0.15) is 16.7 Å². The van der Waals surface area contributed by atoms with Crippen LogP contribution in [0.2, 0.25) is 0 Å². The van der Waals surface area contributed by atoms with Crippen LogP contribution < -0.4 is 5.32 Å². The lowest BCUT2D eigenvalue weighted by atomic mass is 9.84. The number of amides is 1. The first kappa shape index (κ1) is 33.1. The zero-order valence-electron chi connectivity index (χ0n) is 26.4. The Labute approximate surface area is 262 Å². The zero-order chi connectivity index (χ0) is 32.2. The van der Waals surface area contributed by atoms with Gasteiger partial charge in [-0.1, -0.05) is 13.8 Å². The molecule has 4 rings (SSSR count). The van der Waals surface area contributed by atoms with Gasteiger partial charge >= 0.3 is 12.1 Å². The zero-order valence-corrected chi connectivity index (χ0v) is 27.2. The Hall–Kier alpha value is -3.80. The summed E-state index contributed by atoms with van der Waals surface area (Å²) < 4.78 is 13.0. The molecule has 0 aliphatic rings. The summed E-state index contributed by atoms with van der Waals surface area (Å²) in [5, 5.41) is 26.0. The van der Waals surface area contributed by atoms with Crippen molar-refractivity contribution in [2.45, 2.75) is 79.2 Å². The summed E-state index contributed by atoms with van der Waals surface area (Å²) in [6.45, 7) is 12.5. The average Bonchev–Trinajstić information content (AvgIpc) is 3.54. The smallest absolute Gasteiger partial charge is 0.408 e. The highest BCUT2D eigenvalue weighted by Gasteiger charge is 2.28. The second kappa shape index (κ2) is 13.5. The van der Waals surface area contributed by atoms with Crippen molar-refractivity contribution in [1.29, 1.82) is 0 Å². The number of aryl methyl sites for hydroxylation is 1. The van der Waals surface area contributed by atoms with Crippen molar-refractivity contribution in [2.24, 2.45) is 5.41 Å². The highest BCUT2D eigenvalue weighted by molar-refractivity contribution is 7.13. The van der Waals surface area contributed by atoms with Crippen LogP contribution in [-0.2, 0) is 40.3 Å². The van der Waals surface area contributed by atoms with Crippen LogP contribution in [0.5, 0.6) is 0 Å². The number of benzene rings is 1. The number of pyridine rings is 1. The molecule has 0 saturated heterocycles. The number of aliphatic hydroxyl groups excluding tert-OH is 1. The molecule has 10 nitrogen and oxygen atoms in total. The summed E-state index contributed by atoms with van der Waals surface area (Å²) in [5.41, 5.74) is 5.39. The van der Waals surface area contributed by atoms with Crippen LogP contribution in [0.15, 0.2) is 41.9 Å². The maximum absolute atomic E-state index is 12.2. The summed E-state index contributed by atoms with van der Waals surface area (Å²) in [5.74, 6) is -1.17. The second-order valence-corrected chi connectivity index (χ2v) is 13.5. The quantitative estimate of drug-likeness (QED) is 0.173. The number of nitrogens with zero attached hydrogens (tertiary/aromatic N) is 3. The summed E-state index contributed by atoms with van der Waals surface area (Å²) in [6.07, 6.45) is 1.63. The minimum atomic E-state index is -1.18. The number of nitrogens with one attached hydrogen (secondary N) is 1. The van der Waals surface area contributed by atoms with E-state index in [1.807, 2.05) is 31.4 Å². The number of aliphatic carboxylic acids is 1. The standard InChI is InChI=1S/C33H42N4O6S/c1-8-37-27-12-11-20(29-35-21(18-44-29)15-25(30(39)40)36-31(41)43-32(2,3)4)14-23(27)24(16-33(5,6)19-38)28(37)22-10-9-13-34-26(22)17-42-7/h9-14,18,25,38H,8,15-17,19H2,1-7H3,(H,36,41)(H,39,40)/t25-/m0/s1. The van der Waals surface area contributed by atoms with Gasteiger partial charge in [-0.15, -0.1) is 11.3 Å². The number of fused-ring (bicyclic) bond motifs is 1. The van der Waals surface area contributed by atoms with Gasteiger partial charge in [0.05, 0.1) is 23.7 Å². The molecule has 11 heteroatoms. The van der Waals surface area contributed by atoms with E-state index in [4.69, 9.17) is 14.5 Å². The number of carboxylic acids is 1. The van der Waals surface area contributed by atoms with Crippen LogP contribution in [0.4, 0.5) is 4.79 Å². The summed E-state index contributed by atoms with van der Waals surface area (Å²) >= 11 is 1.42. The minimum absolute atomic E-state index is 0.0168. The van der Waals surface area contributed by atoms with Gasteiger partial charge in [-0.25, -0.2) is 14.6 Å². The van der Waals surface area contributed by atoms with Crippen molar-refractivity contribution in [3.05, 3.63) is 58.9 Å². The number of carbonyl (C=O) groups excluding carboxylic acids is 1. The molecule has 0 bridgehead atoms. The topological polar surface area (TPSA) is 136 Å². The molecule has 0 unspecified atom stereocenters. The van der Waals surface area contributed by atoms with Crippen LogP contribution >= 0.6 is 11.3 Å². The second-order valence-electron chi connectivity index (χ2n) is 12.6. The minimum Gasteiger partial charge on any atom is -0.480 e. The Kier molecular flexibility index (Phi) is 10.1. The Bertz CT molecular complexity index is 1630. The number of methoxy groups -OCH3 is 1. The molecule has 0 aliphatic carbocycles. The third-order valence-electron chi connectivity index (χ3n) is 7.20. The van der Waals surface area contributed by atoms with Gasteiger partial charge in [-0.3, -0.25) is 4.98 Å². The molecule has 1 amide bonds. The fourth-order valence-corrected chi connectivity index (χ4v) is 6.03. The number of alkyl carbamates (subject to hydrolysis) is 1. The molecule has 236 valence electrons. The monoisotopic (exact) mass is 622 g/mol. The lowest BCUT2D eigenvalue weighted by molar-refractivity contribution is -0.139. The van der Waals surface area contributed by atoms with Crippen molar-refractivity contribution < 1.29 is 29.3 Å². The maximum atomic E-state index is 12.2.